The maximum atomic E-state index is 11.9. The first kappa shape index (κ1) is 15.3. The van der Waals surface area contributed by atoms with Crippen LogP contribution in [0.15, 0.2) is 18.2 Å². The Hall–Kier alpha value is -0.770. The molecular weight excluding hydrogens is 273 g/mol. The third kappa shape index (κ3) is 4.84. The number of benzene rings is 1. The molecule has 1 amide bonds. The predicted molar refractivity (Wildman–Crippen MR) is 74.1 cm³/mol. The second-order valence-corrected chi connectivity index (χ2v) is 5.66. The molecule has 0 aliphatic heterocycles. The molecule has 100 valence electrons. The molecule has 3 nitrogen and oxygen atoms in total. The van der Waals surface area contributed by atoms with Crippen LogP contribution >= 0.6 is 23.2 Å². The van der Waals surface area contributed by atoms with Crippen molar-refractivity contribution in [1.82, 2.24) is 5.32 Å². The number of aliphatic hydroxyl groups is 1. The van der Waals surface area contributed by atoms with Gasteiger partial charge in [-0.15, -0.1) is 0 Å². The van der Waals surface area contributed by atoms with Crippen LogP contribution in [-0.2, 0) is 11.2 Å². The van der Waals surface area contributed by atoms with Gasteiger partial charge in [0.1, 0.15) is 0 Å². The van der Waals surface area contributed by atoms with Gasteiger partial charge < -0.3 is 10.4 Å². The van der Waals surface area contributed by atoms with Gasteiger partial charge in [0.15, 0.2) is 0 Å². The highest BCUT2D eigenvalue weighted by molar-refractivity contribution is 6.35. The van der Waals surface area contributed by atoms with E-state index in [9.17, 15) is 4.79 Å². The van der Waals surface area contributed by atoms with E-state index in [1.165, 1.54) is 0 Å². The lowest BCUT2D eigenvalue weighted by Gasteiger charge is -2.25. The number of amides is 1. The highest BCUT2D eigenvalue weighted by Gasteiger charge is 2.20. The monoisotopic (exact) mass is 289 g/mol. The lowest BCUT2D eigenvalue weighted by molar-refractivity contribution is -0.122. The largest absolute Gasteiger partial charge is 0.396 e. The molecule has 1 rings (SSSR count). The molecule has 18 heavy (non-hydrogen) atoms. The molecule has 0 aliphatic rings. The van der Waals surface area contributed by atoms with E-state index < -0.39 is 5.54 Å². The van der Waals surface area contributed by atoms with Crippen molar-refractivity contribution in [2.24, 2.45) is 0 Å². The van der Waals surface area contributed by atoms with Crippen molar-refractivity contribution in [1.29, 1.82) is 0 Å². The van der Waals surface area contributed by atoms with Gasteiger partial charge in [0.05, 0.1) is 6.42 Å². The highest BCUT2D eigenvalue weighted by atomic mass is 35.5. The topological polar surface area (TPSA) is 49.3 Å². The van der Waals surface area contributed by atoms with Gasteiger partial charge in [-0.2, -0.15) is 0 Å². The van der Waals surface area contributed by atoms with Gasteiger partial charge in [0, 0.05) is 22.2 Å². The van der Waals surface area contributed by atoms with Crippen LogP contribution in [0.3, 0.4) is 0 Å². The Balaban J connectivity index is 2.65. The number of hydrogen-bond donors (Lipinski definition) is 2. The Morgan fingerprint density at radius 3 is 2.61 bits per heavy atom. The van der Waals surface area contributed by atoms with Crippen LogP contribution in [0.2, 0.25) is 10.0 Å². The number of carbonyl (C=O) groups excluding carboxylic acids is 1. The molecule has 1 aromatic rings. The summed E-state index contributed by atoms with van der Waals surface area (Å²) in [5.41, 5.74) is 0.309. The standard InChI is InChI=1S/C13H17Cl2NO2/c1-13(2,5-6-17)16-12(18)7-9-3-4-10(14)8-11(9)15/h3-4,8,17H,5-7H2,1-2H3,(H,16,18). The van der Waals surface area contributed by atoms with Crippen molar-refractivity contribution in [3.8, 4) is 0 Å². The van der Waals surface area contributed by atoms with Gasteiger partial charge in [0.25, 0.3) is 0 Å². The molecule has 0 saturated heterocycles. The molecule has 0 aromatic heterocycles. The molecule has 0 fully saturated rings. The van der Waals surface area contributed by atoms with Gasteiger partial charge in [-0.25, -0.2) is 0 Å². The number of nitrogens with one attached hydrogen (secondary N) is 1. The van der Waals surface area contributed by atoms with Crippen LogP contribution in [0.25, 0.3) is 0 Å². The van der Waals surface area contributed by atoms with Crippen molar-refractivity contribution in [2.75, 3.05) is 6.61 Å². The van der Waals surface area contributed by atoms with Gasteiger partial charge in [-0.3, -0.25) is 4.79 Å². The van der Waals surface area contributed by atoms with E-state index in [1.54, 1.807) is 18.2 Å². The average Bonchev–Trinajstić information content (AvgIpc) is 2.21. The number of halogens is 2. The summed E-state index contributed by atoms with van der Waals surface area (Å²) >= 11 is 11.8. The normalized spacial score (nSPS) is 11.4. The van der Waals surface area contributed by atoms with Crippen LogP contribution < -0.4 is 5.32 Å². The molecular formula is C13H17Cl2NO2. The number of aliphatic hydroxyl groups excluding tert-OH is 1. The van der Waals surface area contributed by atoms with E-state index >= 15 is 0 Å². The minimum Gasteiger partial charge on any atom is -0.396 e. The second kappa shape index (κ2) is 6.41. The minimum atomic E-state index is -0.426. The van der Waals surface area contributed by atoms with Gasteiger partial charge >= 0.3 is 0 Å². The predicted octanol–water partition coefficient (Wildman–Crippen LogP) is 2.81. The summed E-state index contributed by atoms with van der Waals surface area (Å²) in [7, 11) is 0. The van der Waals surface area contributed by atoms with Crippen molar-refractivity contribution >= 4 is 29.1 Å². The summed E-state index contributed by atoms with van der Waals surface area (Å²) in [5.74, 6) is -0.127. The highest BCUT2D eigenvalue weighted by Crippen LogP contribution is 2.21. The van der Waals surface area contributed by atoms with E-state index in [2.05, 4.69) is 5.32 Å². The van der Waals surface area contributed by atoms with Gasteiger partial charge in [-0.05, 0) is 38.0 Å². The first-order valence-corrected chi connectivity index (χ1v) is 6.45. The third-order valence-corrected chi connectivity index (χ3v) is 3.17. The van der Waals surface area contributed by atoms with Gasteiger partial charge in [0.2, 0.25) is 5.91 Å². The zero-order valence-corrected chi connectivity index (χ0v) is 12.0. The zero-order chi connectivity index (χ0) is 13.8. The smallest absolute Gasteiger partial charge is 0.224 e. The Morgan fingerprint density at radius 2 is 2.06 bits per heavy atom. The second-order valence-electron chi connectivity index (χ2n) is 4.82. The quantitative estimate of drug-likeness (QED) is 0.876. The molecule has 2 N–H and O–H groups in total. The molecule has 0 saturated carbocycles. The zero-order valence-electron chi connectivity index (χ0n) is 10.5. The minimum absolute atomic E-state index is 0.0367. The molecule has 0 spiro atoms. The van der Waals surface area contributed by atoms with E-state index in [-0.39, 0.29) is 18.9 Å². The molecule has 0 unspecified atom stereocenters. The van der Waals surface area contributed by atoms with Crippen LogP contribution in [0.5, 0.6) is 0 Å². The fourth-order valence-corrected chi connectivity index (χ4v) is 2.08. The molecule has 0 radical (unpaired) electrons. The van der Waals surface area contributed by atoms with E-state index in [1.807, 2.05) is 13.8 Å². The SMILES string of the molecule is CC(C)(CCO)NC(=O)Cc1ccc(Cl)cc1Cl. The van der Waals surface area contributed by atoms with Crippen LogP contribution in [-0.4, -0.2) is 23.2 Å². The molecule has 0 aliphatic carbocycles. The molecule has 1 aromatic carbocycles. The Morgan fingerprint density at radius 1 is 1.39 bits per heavy atom. The van der Waals surface area contributed by atoms with Crippen molar-refractivity contribution < 1.29 is 9.90 Å². The summed E-state index contributed by atoms with van der Waals surface area (Å²) in [6.45, 7) is 3.77. The first-order valence-electron chi connectivity index (χ1n) is 5.70. The van der Waals surface area contributed by atoms with Crippen LogP contribution in [0.1, 0.15) is 25.8 Å². The third-order valence-electron chi connectivity index (χ3n) is 2.58. The Kier molecular flexibility index (Phi) is 5.45. The number of rotatable bonds is 5. The maximum absolute atomic E-state index is 11.9. The molecule has 0 bridgehead atoms. The summed E-state index contributed by atoms with van der Waals surface area (Å²) in [6, 6.07) is 5.06. The van der Waals surface area contributed by atoms with Crippen LogP contribution in [0.4, 0.5) is 0 Å². The summed E-state index contributed by atoms with van der Waals surface area (Å²) < 4.78 is 0. The Labute approximate surface area is 117 Å². The molecule has 5 heteroatoms. The maximum Gasteiger partial charge on any atom is 0.224 e. The number of hydrogen-bond acceptors (Lipinski definition) is 2. The van der Waals surface area contributed by atoms with Crippen molar-refractivity contribution in [2.45, 2.75) is 32.2 Å². The van der Waals surface area contributed by atoms with E-state index in [0.29, 0.717) is 16.5 Å². The summed E-state index contributed by atoms with van der Waals surface area (Å²) in [4.78, 5) is 11.9. The fraction of sp³-hybridized carbons (Fsp3) is 0.462. The lowest BCUT2D eigenvalue weighted by Crippen LogP contribution is -2.44. The van der Waals surface area contributed by atoms with E-state index in [0.717, 1.165) is 5.56 Å². The van der Waals surface area contributed by atoms with Crippen molar-refractivity contribution in [3.63, 3.8) is 0 Å². The first-order chi connectivity index (χ1) is 8.34. The summed E-state index contributed by atoms with van der Waals surface area (Å²) in [6.07, 6.45) is 0.706. The molecule has 0 atom stereocenters. The van der Waals surface area contributed by atoms with E-state index in [4.69, 9.17) is 28.3 Å². The number of carbonyl (C=O) groups is 1. The lowest BCUT2D eigenvalue weighted by atomic mass is 10.0. The molecule has 0 heterocycles. The summed E-state index contributed by atoms with van der Waals surface area (Å²) in [5, 5.41) is 12.8. The van der Waals surface area contributed by atoms with Crippen LogP contribution in [0, 0.1) is 0 Å². The average molecular weight is 290 g/mol. The Bertz CT molecular complexity index is 433. The fourth-order valence-electron chi connectivity index (χ4n) is 1.60. The van der Waals surface area contributed by atoms with Crippen molar-refractivity contribution in [3.05, 3.63) is 33.8 Å². The van der Waals surface area contributed by atoms with Gasteiger partial charge in [-0.1, -0.05) is 29.3 Å².